The summed E-state index contributed by atoms with van der Waals surface area (Å²) in [5.74, 6) is 0. The fourth-order valence-corrected chi connectivity index (χ4v) is 2.67. The molecule has 0 saturated heterocycles. The van der Waals surface area contributed by atoms with Crippen LogP contribution in [0.5, 0.6) is 0 Å². The number of unbranched alkanes of at least 4 members (excludes halogenated alkanes) is 13. The fourth-order valence-electron chi connectivity index (χ4n) is 2.39. The van der Waals surface area contributed by atoms with Crippen molar-refractivity contribution in [2.24, 2.45) is 0 Å². The van der Waals surface area contributed by atoms with Crippen LogP contribution >= 0.6 is 33.1 Å². The molecule has 0 spiro atoms. The molecule has 0 bridgehead atoms. The van der Waals surface area contributed by atoms with Crippen LogP contribution in [0.15, 0.2) is 0 Å². The van der Waals surface area contributed by atoms with Gasteiger partial charge < -0.3 is 4.90 Å². The average Bonchev–Trinajstić information content (AvgIpc) is 2.47. The van der Waals surface area contributed by atoms with E-state index >= 15 is 0 Å². The third-order valence-corrected chi connectivity index (χ3v) is 4.02. The van der Waals surface area contributed by atoms with Gasteiger partial charge in [-0.05, 0) is 27.6 Å². The van der Waals surface area contributed by atoms with Crippen molar-refractivity contribution < 1.29 is 0 Å². The van der Waals surface area contributed by atoms with Crippen molar-refractivity contribution in [3.05, 3.63) is 0 Å². The number of halogens is 2. The average molecular weight is 460 g/mol. The van der Waals surface area contributed by atoms with Crippen LogP contribution in [0.1, 0.15) is 96.8 Å². The molecule has 0 heterocycles. The Morgan fingerprint density at radius 1 is 0.609 bits per heavy atom. The molecule has 4 heteroatoms. The maximum atomic E-state index is 3.24. The zero-order chi connectivity index (χ0) is 16.9. The zero-order valence-electron chi connectivity index (χ0n) is 16.3. The summed E-state index contributed by atoms with van der Waals surface area (Å²) < 4.78 is 3.02. The number of rotatable bonds is 15. The third kappa shape index (κ3) is 39.6. The van der Waals surface area contributed by atoms with E-state index in [1.165, 1.54) is 89.9 Å². The van der Waals surface area contributed by atoms with E-state index in [2.05, 4.69) is 27.4 Å². The van der Waals surface area contributed by atoms with Gasteiger partial charge in [0, 0.05) is 22.7 Å². The van der Waals surface area contributed by atoms with Crippen LogP contribution in [-0.4, -0.2) is 32.6 Å². The molecule has 0 rings (SSSR count). The van der Waals surface area contributed by atoms with E-state index in [1.54, 1.807) is 0 Å². The predicted octanol–water partition coefficient (Wildman–Crippen LogP) is 7.12. The highest BCUT2D eigenvalue weighted by atomic mass is 79.9. The summed E-state index contributed by atoms with van der Waals surface area (Å²) in [6.07, 6.45) is 20.1. The molecule has 0 aromatic heterocycles. The Balaban J connectivity index is -0.000000712. The second-order valence-electron chi connectivity index (χ2n) is 6.82. The first-order valence-corrected chi connectivity index (χ1v) is 10.4. The number of nitrogens with zero attached hydrogens (tertiary/aromatic N) is 1. The van der Waals surface area contributed by atoms with Gasteiger partial charge in [-0.25, -0.2) is 0 Å². The SMILES string of the molecule is Br.CCCCCCCCCCCCCCCCNBr.CN(C)C. The Bertz CT molecular complexity index is 160. The summed E-state index contributed by atoms with van der Waals surface area (Å²) in [4.78, 5) is 2.00. The van der Waals surface area contributed by atoms with Gasteiger partial charge in [0.25, 0.3) is 0 Å². The summed E-state index contributed by atoms with van der Waals surface area (Å²) >= 11 is 3.24. The van der Waals surface area contributed by atoms with Gasteiger partial charge in [-0.15, -0.1) is 17.0 Å². The van der Waals surface area contributed by atoms with Crippen LogP contribution in [0.25, 0.3) is 0 Å². The lowest BCUT2D eigenvalue weighted by molar-refractivity contribution is 0.505. The van der Waals surface area contributed by atoms with E-state index in [9.17, 15) is 0 Å². The minimum absolute atomic E-state index is 0. The van der Waals surface area contributed by atoms with Crippen LogP contribution in [0, 0.1) is 0 Å². The molecule has 0 saturated carbocycles. The summed E-state index contributed by atoms with van der Waals surface area (Å²) in [5, 5.41) is 0. The second-order valence-corrected chi connectivity index (χ2v) is 7.38. The van der Waals surface area contributed by atoms with Crippen molar-refractivity contribution >= 4 is 33.1 Å². The van der Waals surface area contributed by atoms with E-state index in [4.69, 9.17) is 0 Å². The van der Waals surface area contributed by atoms with Gasteiger partial charge in [0.2, 0.25) is 0 Å². The number of hydrogen-bond donors (Lipinski definition) is 1. The van der Waals surface area contributed by atoms with Crippen molar-refractivity contribution in [3.8, 4) is 0 Å². The molecule has 0 fully saturated rings. The van der Waals surface area contributed by atoms with E-state index < -0.39 is 0 Å². The standard InChI is InChI=1S/C16H34BrN.C3H9N.BrH/c1-2-3-4-5-6-7-8-9-10-11-12-13-14-15-16-18-17;1-4(2)3;/h18H,2-16H2,1H3;1-3H3;1H. The van der Waals surface area contributed by atoms with Gasteiger partial charge in [-0.2, -0.15) is 0 Å². The van der Waals surface area contributed by atoms with Crippen LogP contribution in [0.4, 0.5) is 0 Å². The smallest absolute Gasteiger partial charge is 0.00875 e. The lowest BCUT2D eigenvalue weighted by atomic mass is 10.0. The van der Waals surface area contributed by atoms with Crippen LogP contribution in [-0.2, 0) is 0 Å². The highest BCUT2D eigenvalue weighted by Crippen LogP contribution is 2.12. The minimum atomic E-state index is 0. The normalized spacial score (nSPS) is 10.2. The summed E-state index contributed by atoms with van der Waals surface area (Å²) in [6.45, 7) is 3.40. The molecule has 1 N–H and O–H groups in total. The highest BCUT2D eigenvalue weighted by Gasteiger charge is 1.93. The van der Waals surface area contributed by atoms with Crippen LogP contribution in [0.2, 0.25) is 0 Å². The Labute approximate surface area is 166 Å². The van der Waals surface area contributed by atoms with E-state index in [0.29, 0.717) is 0 Å². The van der Waals surface area contributed by atoms with Crippen molar-refractivity contribution in [3.63, 3.8) is 0 Å². The van der Waals surface area contributed by atoms with Gasteiger partial charge in [0.1, 0.15) is 0 Å². The molecule has 144 valence electrons. The monoisotopic (exact) mass is 458 g/mol. The molecule has 0 aliphatic rings. The molecule has 0 aromatic carbocycles. The van der Waals surface area contributed by atoms with Crippen LogP contribution < -0.4 is 4.34 Å². The lowest BCUT2D eigenvalue weighted by Crippen LogP contribution is -1.99. The topological polar surface area (TPSA) is 15.3 Å². The molecular formula is C19H44Br2N2. The maximum Gasteiger partial charge on any atom is 0.00875 e. The minimum Gasteiger partial charge on any atom is -0.312 e. The van der Waals surface area contributed by atoms with E-state index in [1.807, 2.05) is 26.0 Å². The molecule has 2 nitrogen and oxygen atoms in total. The first-order chi connectivity index (χ1) is 10.6. The number of hydrogen-bond acceptors (Lipinski definition) is 2. The molecule has 0 unspecified atom stereocenters. The molecule has 0 aliphatic heterocycles. The Morgan fingerprint density at radius 3 is 1.13 bits per heavy atom. The maximum absolute atomic E-state index is 3.24. The molecular weight excluding hydrogens is 416 g/mol. The Kier molecular flexibility index (Phi) is 34.6. The second kappa shape index (κ2) is 27.7. The fraction of sp³-hybridized carbons (Fsp3) is 1.00. The third-order valence-electron chi connectivity index (χ3n) is 3.62. The highest BCUT2D eigenvalue weighted by molar-refractivity contribution is 9.08. The first kappa shape index (κ1) is 28.7. The van der Waals surface area contributed by atoms with Gasteiger partial charge in [0.15, 0.2) is 0 Å². The Hall–Kier alpha value is 0.880. The quantitative estimate of drug-likeness (QED) is 0.207. The molecule has 23 heavy (non-hydrogen) atoms. The molecule has 0 atom stereocenters. The van der Waals surface area contributed by atoms with Gasteiger partial charge in [-0.1, -0.05) is 90.4 Å². The van der Waals surface area contributed by atoms with Crippen molar-refractivity contribution in [2.75, 3.05) is 27.7 Å². The van der Waals surface area contributed by atoms with Crippen molar-refractivity contribution in [1.82, 2.24) is 9.24 Å². The molecule has 0 aromatic rings. The predicted molar refractivity (Wildman–Crippen MR) is 117 cm³/mol. The molecule has 0 aliphatic carbocycles. The van der Waals surface area contributed by atoms with Gasteiger partial charge in [-0.3, -0.25) is 4.34 Å². The molecule has 0 amide bonds. The van der Waals surface area contributed by atoms with Crippen molar-refractivity contribution in [1.29, 1.82) is 0 Å². The summed E-state index contributed by atoms with van der Waals surface area (Å²) in [5.41, 5.74) is 0. The van der Waals surface area contributed by atoms with Crippen molar-refractivity contribution in [2.45, 2.75) is 96.8 Å². The zero-order valence-corrected chi connectivity index (χ0v) is 19.6. The van der Waals surface area contributed by atoms with E-state index in [-0.39, 0.29) is 17.0 Å². The van der Waals surface area contributed by atoms with Gasteiger partial charge in [0.05, 0.1) is 0 Å². The first-order valence-electron chi connectivity index (χ1n) is 9.59. The lowest BCUT2D eigenvalue weighted by Gasteiger charge is -2.03. The van der Waals surface area contributed by atoms with Gasteiger partial charge >= 0.3 is 0 Å². The van der Waals surface area contributed by atoms with E-state index in [0.717, 1.165) is 6.54 Å². The number of nitrogens with one attached hydrogen (secondary N) is 1. The largest absolute Gasteiger partial charge is 0.312 e. The molecule has 0 radical (unpaired) electrons. The summed E-state index contributed by atoms with van der Waals surface area (Å²) in [7, 11) is 6.00. The Morgan fingerprint density at radius 2 is 0.870 bits per heavy atom. The van der Waals surface area contributed by atoms with Crippen LogP contribution in [0.3, 0.4) is 0 Å². The summed E-state index contributed by atoms with van der Waals surface area (Å²) in [6, 6.07) is 0.